The third kappa shape index (κ3) is 4.39. The number of likely N-dealkylation sites (tertiary alicyclic amines) is 1. The van der Waals surface area contributed by atoms with Crippen molar-refractivity contribution in [3.05, 3.63) is 24.2 Å². The summed E-state index contributed by atoms with van der Waals surface area (Å²) in [4.78, 5) is 14.6. The molecule has 0 saturated carbocycles. The normalized spacial score (nSPS) is 19.2. The molecule has 0 aliphatic carbocycles. The largest absolute Gasteiger partial charge is 0.468 e. The van der Waals surface area contributed by atoms with Gasteiger partial charge in [-0.1, -0.05) is 6.42 Å². The molecule has 6 nitrogen and oxygen atoms in total. The molecule has 0 radical (unpaired) electrons. The van der Waals surface area contributed by atoms with Crippen molar-refractivity contribution in [2.45, 2.75) is 56.6 Å². The third-order valence-corrected chi connectivity index (χ3v) is 7.21. The smallest absolute Gasteiger partial charge is 0.238 e. The maximum Gasteiger partial charge on any atom is 0.238 e. The first-order valence-corrected chi connectivity index (χ1v) is 10.2. The number of hydrogen-bond acceptors (Lipinski definition) is 5. The molecule has 24 heavy (non-hydrogen) atoms. The minimum absolute atomic E-state index is 0.0572. The Kier molecular flexibility index (Phi) is 6.46. The van der Waals surface area contributed by atoms with Gasteiger partial charge < -0.3 is 9.73 Å². The molecule has 1 fully saturated rings. The monoisotopic (exact) mass is 356 g/mol. The maximum absolute atomic E-state index is 12.3. The highest BCUT2D eigenvalue weighted by Gasteiger charge is 2.32. The Morgan fingerprint density at radius 1 is 1.25 bits per heavy atom. The molecule has 136 valence electrons. The van der Waals surface area contributed by atoms with E-state index in [2.05, 4.69) is 10.2 Å². The summed E-state index contributed by atoms with van der Waals surface area (Å²) in [7, 11) is -3.45. The zero-order chi connectivity index (χ0) is 17.7. The molecule has 7 heteroatoms. The second kappa shape index (κ2) is 8.16. The minimum atomic E-state index is -3.45. The highest BCUT2D eigenvalue weighted by Crippen LogP contribution is 2.24. The van der Waals surface area contributed by atoms with Crippen molar-refractivity contribution in [2.24, 2.45) is 0 Å². The Labute approximate surface area is 144 Å². The fraction of sp³-hybridized carbons (Fsp3) is 0.706. The molecule has 1 saturated heterocycles. The van der Waals surface area contributed by atoms with Crippen LogP contribution in [0.3, 0.4) is 0 Å². The van der Waals surface area contributed by atoms with Crippen LogP contribution in [-0.2, 0) is 14.6 Å². The van der Waals surface area contributed by atoms with E-state index in [1.54, 1.807) is 20.1 Å². The van der Waals surface area contributed by atoms with E-state index in [9.17, 15) is 13.2 Å². The van der Waals surface area contributed by atoms with Gasteiger partial charge in [0.1, 0.15) is 11.0 Å². The van der Waals surface area contributed by atoms with E-state index in [1.165, 1.54) is 13.3 Å². The highest BCUT2D eigenvalue weighted by atomic mass is 32.2. The Hall–Kier alpha value is -1.34. The summed E-state index contributed by atoms with van der Waals surface area (Å²) in [5, 5.41) is 1.20. The lowest BCUT2D eigenvalue weighted by Crippen LogP contribution is -2.45. The van der Waals surface area contributed by atoms with Crippen LogP contribution in [0.5, 0.6) is 0 Å². The number of nitrogens with one attached hydrogen (secondary N) is 1. The first-order valence-electron chi connectivity index (χ1n) is 8.62. The first kappa shape index (κ1) is 19.0. The van der Waals surface area contributed by atoms with Crippen molar-refractivity contribution in [1.82, 2.24) is 10.2 Å². The van der Waals surface area contributed by atoms with Crippen LogP contribution in [0.4, 0.5) is 0 Å². The number of nitrogens with zero attached hydrogens (tertiary/aromatic N) is 1. The van der Waals surface area contributed by atoms with E-state index >= 15 is 0 Å². The van der Waals surface area contributed by atoms with Crippen LogP contribution >= 0.6 is 0 Å². The van der Waals surface area contributed by atoms with Crippen LogP contribution in [0, 0.1) is 0 Å². The standard InChI is InChI=1S/C17H28N2O4S/c1-13(2)24(21,22)14(3)17(20)18-12-15(16-8-7-11-23-16)19-9-5-4-6-10-19/h7-8,11,13-15H,4-6,9-10,12H2,1-3H3,(H,18,20). The van der Waals surface area contributed by atoms with Gasteiger partial charge in [0.25, 0.3) is 0 Å². The summed E-state index contributed by atoms with van der Waals surface area (Å²) in [5.74, 6) is 0.355. The van der Waals surface area contributed by atoms with Gasteiger partial charge in [-0.05, 0) is 58.8 Å². The molecule has 0 bridgehead atoms. The zero-order valence-corrected chi connectivity index (χ0v) is 15.5. The van der Waals surface area contributed by atoms with Crippen molar-refractivity contribution in [3.63, 3.8) is 0 Å². The number of amides is 1. The molecule has 1 amide bonds. The van der Waals surface area contributed by atoms with Crippen LogP contribution < -0.4 is 5.32 Å². The second-order valence-electron chi connectivity index (χ2n) is 6.65. The van der Waals surface area contributed by atoms with Gasteiger partial charge in [0.2, 0.25) is 5.91 Å². The van der Waals surface area contributed by atoms with Gasteiger partial charge in [0.05, 0.1) is 17.6 Å². The van der Waals surface area contributed by atoms with Crippen LogP contribution in [0.15, 0.2) is 22.8 Å². The Morgan fingerprint density at radius 3 is 2.46 bits per heavy atom. The molecule has 1 aliphatic rings. The van der Waals surface area contributed by atoms with E-state index in [-0.39, 0.29) is 6.04 Å². The summed E-state index contributed by atoms with van der Waals surface area (Å²) in [5.41, 5.74) is 0. The molecule has 2 rings (SSSR count). The predicted molar refractivity (Wildman–Crippen MR) is 93.4 cm³/mol. The molecule has 2 atom stereocenters. The minimum Gasteiger partial charge on any atom is -0.468 e. The molecule has 1 aromatic heterocycles. The summed E-state index contributed by atoms with van der Waals surface area (Å²) >= 11 is 0. The molecule has 2 unspecified atom stereocenters. The molecule has 1 aliphatic heterocycles. The number of furan rings is 1. The van der Waals surface area contributed by atoms with Gasteiger partial charge in [-0.2, -0.15) is 0 Å². The average molecular weight is 356 g/mol. The maximum atomic E-state index is 12.3. The molecule has 2 heterocycles. The SMILES string of the molecule is CC(C)S(=O)(=O)C(C)C(=O)NCC(c1ccco1)N1CCCCC1. The average Bonchev–Trinajstić information content (AvgIpc) is 3.09. The fourth-order valence-corrected chi connectivity index (χ4v) is 4.22. The van der Waals surface area contributed by atoms with Crippen molar-refractivity contribution >= 4 is 15.7 Å². The third-order valence-electron chi connectivity index (χ3n) is 4.69. The zero-order valence-electron chi connectivity index (χ0n) is 14.7. The highest BCUT2D eigenvalue weighted by molar-refractivity contribution is 7.93. The lowest BCUT2D eigenvalue weighted by atomic mass is 10.1. The second-order valence-corrected chi connectivity index (χ2v) is 9.48. The topological polar surface area (TPSA) is 79.6 Å². The summed E-state index contributed by atoms with van der Waals surface area (Å²) in [6, 6.07) is 3.68. The van der Waals surface area contributed by atoms with E-state index in [0.29, 0.717) is 6.54 Å². The van der Waals surface area contributed by atoms with Crippen LogP contribution in [0.2, 0.25) is 0 Å². The number of piperidine rings is 1. The fourth-order valence-electron chi connectivity index (χ4n) is 3.02. The van der Waals surface area contributed by atoms with E-state index < -0.39 is 26.2 Å². The summed E-state index contributed by atoms with van der Waals surface area (Å²) in [6.45, 7) is 6.91. The van der Waals surface area contributed by atoms with Crippen LogP contribution in [-0.4, -0.2) is 49.4 Å². The number of hydrogen-bond donors (Lipinski definition) is 1. The predicted octanol–water partition coefficient (Wildman–Crippen LogP) is 2.13. The van der Waals surface area contributed by atoms with E-state index in [0.717, 1.165) is 31.7 Å². The van der Waals surface area contributed by atoms with Gasteiger partial charge in [-0.3, -0.25) is 9.69 Å². The van der Waals surface area contributed by atoms with Crippen LogP contribution in [0.1, 0.15) is 51.8 Å². The van der Waals surface area contributed by atoms with Crippen molar-refractivity contribution in [2.75, 3.05) is 19.6 Å². The van der Waals surface area contributed by atoms with Crippen molar-refractivity contribution in [3.8, 4) is 0 Å². The molecule has 0 spiro atoms. The van der Waals surface area contributed by atoms with Gasteiger partial charge >= 0.3 is 0 Å². The van der Waals surface area contributed by atoms with Gasteiger partial charge in [-0.25, -0.2) is 8.42 Å². The van der Waals surface area contributed by atoms with Gasteiger partial charge in [0.15, 0.2) is 9.84 Å². The number of rotatable bonds is 7. The Bertz CT molecular complexity index is 619. The van der Waals surface area contributed by atoms with Crippen LogP contribution in [0.25, 0.3) is 0 Å². The Balaban J connectivity index is 2.04. The van der Waals surface area contributed by atoms with Gasteiger partial charge in [0, 0.05) is 6.54 Å². The first-order chi connectivity index (χ1) is 11.3. The lowest BCUT2D eigenvalue weighted by molar-refractivity contribution is -0.120. The number of sulfone groups is 1. The summed E-state index contributed by atoms with van der Waals surface area (Å²) in [6.07, 6.45) is 5.10. The quantitative estimate of drug-likeness (QED) is 0.810. The molecule has 1 N–H and O–H groups in total. The van der Waals surface area contributed by atoms with E-state index in [1.807, 2.05) is 12.1 Å². The van der Waals surface area contributed by atoms with E-state index in [4.69, 9.17) is 4.42 Å². The molecule has 1 aromatic rings. The molecular weight excluding hydrogens is 328 g/mol. The Morgan fingerprint density at radius 2 is 1.92 bits per heavy atom. The van der Waals surface area contributed by atoms with Gasteiger partial charge in [-0.15, -0.1) is 0 Å². The molecule has 0 aromatic carbocycles. The number of carbonyl (C=O) groups excluding carboxylic acids is 1. The van der Waals surface area contributed by atoms with Crippen molar-refractivity contribution < 1.29 is 17.6 Å². The number of carbonyl (C=O) groups is 1. The lowest BCUT2D eigenvalue weighted by Gasteiger charge is -2.33. The molecular formula is C17H28N2O4S. The van der Waals surface area contributed by atoms with Crippen molar-refractivity contribution in [1.29, 1.82) is 0 Å². The summed E-state index contributed by atoms with van der Waals surface area (Å²) < 4.78 is 29.8.